The molecule has 0 amide bonds. The van der Waals surface area contributed by atoms with Crippen LogP contribution in [-0.2, 0) is 9.59 Å². The van der Waals surface area contributed by atoms with Crippen LogP contribution < -0.4 is 0 Å². The second-order valence-corrected chi connectivity index (χ2v) is 9.40. The van der Waals surface area contributed by atoms with Gasteiger partial charge in [-0.2, -0.15) is 0 Å². The second-order valence-electron chi connectivity index (χ2n) is 9.40. The monoisotopic (exact) mass is 334 g/mol. The Bertz CT molecular complexity index is 508. The minimum atomic E-state index is 0.119. The molecule has 2 unspecified atom stereocenters. The summed E-state index contributed by atoms with van der Waals surface area (Å²) >= 11 is 0. The molecule has 0 heterocycles. The molecule has 2 rings (SSSR count). The molecule has 2 atom stereocenters. The van der Waals surface area contributed by atoms with Crippen LogP contribution in [0.2, 0.25) is 0 Å². The van der Waals surface area contributed by atoms with Gasteiger partial charge >= 0.3 is 0 Å². The van der Waals surface area contributed by atoms with Crippen LogP contribution in [-0.4, -0.2) is 11.6 Å². The SMILES string of the molecule is CC(=O)C1=C(C)CCCC1(C)C.CC(=O)C1C(C)CCCC1(C)C. The number of carbonyl (C=O) groups excluding carboxylic acids is 2. The van der Waals surface area contributed by atoms with Crippen LogP contribution in [0.1, 0.15) is 93.9 Å². The van der Waals surface area contributed by atoms with Crippen LogP contribution in [0.4, 0.5) is 0 Å². The lowest BCUT2D eigenvalue weighted by molar-refractivity contribution is -0.128. The normalized spacial score (nSPS) is 28.7. The number of allylic oxidation sites excluding steroid dienone is 2. The quantitative estimate of drug-likeness (QED) is 0.608. The molecule has 0 radical (unpaired) electrons. The van der Waals surface area contributed by atoms with E-state index in [9.17, 15) is 9.59 Å². The van der Waals surface area contributed by atoms with Crippen molar-refractivity contribution in [2.75, 3.05) is 0 Å². The molecule has 0 spiro atoms. The van der Waals surface area contributed by atoms with Crippen LogP contribution in [0.5, 0.6) is 0 Å². The van der Waals surface area contributed by atoms with Crippen molar-refractivity contribution in [3.05, 3.63) is 11.1 Å². The van der Waals surface area contributed by atoms with Gasteiger partial charge in [0.05, 0.1) is 0 Å². The maximum atomic E-state index is 11.4. The van der Waals surface area contributed by atoms with Crippen molar-refractivity contribution in [1.29, 1.82) is 0 Å². The molecule has 0 aliphatic heterocycles. The Kier molecular flexibility index (Phi) is 7.02. The van der Waals surface area contributed by atoms with E-state index in [1.165, 1.54) is 31.3 Å². The third-order valence-corrected chi connectivity index (χ3v) is 6.14. The van der Waals surface area contributed by atoms with E-state index in [4.69, 9.17) is 0 Å². The smallest absolute Gasteiger partial charge is 0.156 e. The highest BCUT2D eigenvalue weighted by Crippen LogP contribution is 2.44. The largest absolute Gasteiger partial charge is 0.300 e. The van der Waals surface area contributed by atoms with Gasteiger partial charge in [-0.05, 0) is 75.2 Å². The van der Waals surface area contributed by atoms with Crippen molar-refractivity contribution in [1.82, 2.24) is 0 Å². The van der Waals surface area contributed by atoms with E-state index in [0.717, 1.165) is 18.4 Å². The molecule has 2 nitrogen and oxygen atoms in total. The van der Waals surface area contributed by atoms with Crippen LogP contribution in [0.25, 0.3) is 0 Å². The van der Waals surface area contributed by atoms with E-state index in [-0.39, 0.29) is 16.6 Å². The number of carbonyl (C=O) groups is 2. The molecule has 1 saturated carbocycles. The summed E-state index contributed by atoms with van der Waals surface area (Å²) < 4.78 is 0. The topological polar surface area (TPSA) is 34.1 Å². The van der Waals surface area contributed by atoms with Gasteiger partial charge in [-0.3, -0.25) is 9.59 Å². The number of hydrogen-bond acceptors (Lipinski definition) is 2. The Hall–Kier alpha value is -0.920. The summed E-state index contributed by atoms with van der Waals surface area (Å²) in [7, 11) is 0. The highest BCUT2D eigenvalue weighted by Gasteiger charge is 2.39. The average Bonchev–Trinajstić information content (AvgIpc) is 2.35. The van der Waals surface area contributed by atoms with Crippen molar-refractivity contribution in [3.63, 3.8) is 0 Å². The van der Waals surface area contributed by atoms with E-state index < -0.39 is 0 Å². The minimum absolute atomic E-state index is 0.119. The number of rotatable bonds is 2. The Morgan fingerprint density at radius 3 is 1.92 bits per heavy atom. The van der Waals surface area contributed by atoms with Gasteiger partial charge in [0.2, 0.25) is 0 Å². The zero-order chi connectivity index (χ0) is 18.7. The zero-order valence-electron chi connectivity index (χ0n) is 17.2. The Morgan fingerprint density at radius 2 is 1.58 bits per heavy atom. The molecular formula is C22H38O2. The average molecular weight is 335 g/mol. The molecular weight excluding hydrogens is 296 g/mol. The summed E-state index contributed by atoms with van der Waals surface area (Å²) in [4.78, 5) is 22.8. The van der Waals surface area contributed by atoms with E-state index in [1.807, 2.05) is 0 Å². The Morgan fingerprint density at radius 1 is 1.00 bits per heavy atom. The molecule has 2 aliphatic rings. The van der Waals surface area contributed by atoms with Gasteiger partial charge in [-0.15, -0.1) is 0 Å². The summed E-state index contributed by atoms with van der Waals surface area (Å²) in [6.07, 6.45) is 7.22. The molecule has 2 aliphatic carbocycles. The van der Waals surface area contributed by atoms with Gasteiger partial charge < -0.3 is 0 Å². The van der Waals surface area contributed by atoms with Gasteiger partial charge in [0.25, 0.3) is 0 Å². The van der Waals surface area contributed by atoms with Crippen LogP contribution >= 0.6 is 0 Å². The first-order valence-electron chi connectivity index (χ1n) is 9.62. The lowest BCUT2D eigenvalue weighted by Gasteiger charge is -2.41. The molecule has 2 heteroatoms. The summed E-state index contributed by atoms with van der Waals surface area (Å²) in [5, 5.41) is 0. The van der Waals surface area contributed by atoms with Crippen LogP contribution in [0.15, 0.2) is 11.1 Å². The van der Waals surface area contributed by atoms with Gasteiger partial charge in [0.15, 0.2) is 5.78 Å². The van der Waals surface area contributed by atoms with Gasteiger partial charge in [0, 0.05) is 5.92 Å². The van der Waals surface area contributed by atoms with Crippen molar-refractivity contribution < 1.29 is 9.59 Å². The third-order valence-electron chi connectivity index (χ3n) is 6.14. The minimum Gasteiger partial charge on any atom is -0.300 e. The van der Waals surface area contributed by atoms with Crippen LogP contribution in [0.3, 0.4) is 0 Å². The van der Waals surface area contributed by atoms with Crippen LogP contribution in [0, 0.1) is 22.7 Å². The maximum Gasteiger partial charge on any atom is 0.156 e. The first-order chi connectivity index (χ1) is 10.9. The lowest BCUT2D eigenvalue weighted by atomic mass is 9.63. The molecule has 0 bridgehead atoms. The summed E-state index contributed by atoms with van der Waals surface area (Å²) in [6, 6.07) is 0. The van der Waals surface area contributed by atoms with Crippen molar-refractivity contribution in [2.45, 2.75) is 93.9 Å². The number of Topliss-reactive ketones (excluding diaryl/α,β-unsaturated/α-hetero) is 2. The predicted molar refractivity (Wildman–Crippen MR) is 102 cm³/mol. The summed E-state index contributed by atoms with van der Waals surface area (Å²) in [5.41, 5.74) is 2.74. The molecule has 0 aromatic rings. The summed E-state index contributed by atoms with van der Waals surface area (Å²) in [6.45, 7) is 16.5. The second kappa shape index (κ2) is 7.97. The standard InChI is InChI=1S/C11H20O.C11H18O/c2*1-8-6-5-7-11(3,4)10(8)9(2)12/h8,10H,5-7H2,1-4H3;5-7H2,1-4H3. The molecule has 24 heavy (non-hydrogen) atoms. The first-order valence-corrected chi connectivity index (χ1v) is 9.62. The fourth-order valence-corrected chi connectivity index (χ4v) is 5.32. The highest BCUT2D eigenvalue weighted by molar-refractivity contribution is 5.95. The predicted octanol–water partition coefficient (Wildman–Crippen LogP) is 6.14. The van der Waals surface area contributed by atoms with Crippen molar-refractivity contribution in [2.24, 2.45) is 22.7 Å². The van der Waals surface area contributed by atoms with Gasteiger partial charge in [-0.25, -0.2) is 0 Å². The number of hydrogen-bond donors (Lipinski definition) is 0. The Balaban J connectivity index is 0.000000240. The zero-order valence-corrected chi connectivity index (χ0v) is 17.2. The lowest BCUT2D eigenvalue weighted by Crippen LogP contribution is -2.38. The summed E-state index contributed by atoms with van der Waals surface area (Å²) in [5.74, 6) is 1.53. The van der Waals surface area contributed by atoms with E-state index in [2.05, 4.69) is 41.5 Å². The fraction of sp³-hybridized carbons (Fsp3) is 0.818. The molecule has 1 fully saturated rings. The van der Waals surface area contributed by atoms with Gasteiger partial charge in [-0.1, -0.05) is 46.6 Å². The van der Waals surface area contributed by atoms with E-state index in [0.29, 0.717) is 17.6 Å². The Labute approximate surface area is 149 Å². The molecule has 0 N–H and O–H groups in total. The molecule has 138 valence electrons. The molecule has 0 aromatic carbocycles. The highest BCUT2D eigenvalue weighted by atomic mass is 16.1. The maximum absolute atomic E-state index is 11.4. The first kappa shape index (κ1) is 21.1. The molecule has 0 saturated heterocycles. The third kappa shape index (κ3) is 5.04. The van der Waals surface area contributed by atoms with E-state index >= 15 is 0 Å². The molecule has 0 aromatic heterocycles. The number of ketones is 2. The van der Waals surface area contributed by atoms with Crippen molar-refractivity contribution >= 4 is 11.6 Å². The van der Waals surface area contributed by atoms with E-state index in [1.54, 1.807) is 13.8 Å². The fourth-order valence-electron chi connectivity index (χ4n) is 5.32. The van der Waals surface area contributed by atoms with Crippen molar-refractivity contribution in [3.8, 4) is 0 Å². The van der Waals surface area contributed by atoms with Gasteiger partial charge in [0.1, 0.15) is 5.78 Å².